The van der Waals surface area contributed by atoms with E-state index in [-0.39, 0.29) is 5.91 Å². The Morgan fingerprint density at radius 3 is 2.73 bits per heavy atom. The maximum absolute atomic E-state index is 12.4. The number of carbonyl (C=O) groups excluding carboxylic acids is 1. The number of benzene rings is 2. The molecule has 4 nitrogen and oxygen atoms in total. The average molecular weight is 370 g/mol. The lowest BCUT2D eigenvalue weighted by atomic mass is 10.1. The number of amides is 1. The SMILES string of the molecule is O=C(CSc1ccccc1)N1CC[NH+](Cc2ccc3c(c2)CCO3)CC1. The maximum atomic E-state index is 12.4. The topological polar surface area (TPSA) is 34.0 Å². The molecule has 2 aliphatic heterocycles. The van der Waals surface area contributed by atoms with Crippen molar-refractivity contribution >= 4 is 17.7 Å². The zero-order valence-electron chi connectivity index (χ0n) is 14.9. The standard InChI is InChI=1S/C21H24N2O2S/c24-21(16-26-19-4-2-1-3-5-19)23-11-9-22(10-12-23)15-17-6-7-20-18(14-17)8-13-25-20/h1-7,14H,8-13,15-16H2/p+1. The lowest BCUT2D eigenvalue weighted by Gasteiger charge is -2.32. The Labute approximate surface area is 159 Å². The lowest BCUT2D eigenvalue weighted by molar-refractivity contribution is -0.917. The molecule has 2 aromatic carbocycles. The van der Waals surface area contributed by atoms with Crippen molar-refractivity contribution in [2.45, 2.75) is 17.9 Å². The molecule has 0 atom stereocenters. The smallest absolute Gasteiger partial charge is 0.233 e. The van der Waals surface area contributed by atoms with E-state index >= 15 is 0 Å². The summed E-state index contributed by atoms with van der Waals surface area (Å²) in [5.41, 5.74) is 2.72. The highest BCUT2D eigenvalue weighted by Gasteiger charge is 2.24. The predicted octanol–water partition coefficient (Wildman–Crippen LogP) is 1.64. The predicted molar refractivity (Wildman–Crippen MR) is 104 cm³/mol. The van der Waals surface area contributed by atoms with Crippen molar-refractivity contribution in [2.24, 2.45) is 0 Å². The molecule has 1 saturated heterocycles. The van der Waals surface area contributed by atoms with Gasteiger partial charge in [-0.2, -0.15) is 0 Å². The molecule has 1 fully saturated rings. The van der Waals surface area contributed by atoms with Crippen LogP contribution in [0, 0.1) is 0 Å². The molecule has 0 radical (unpaired) electrons. The van der Waals surface area contributed by atoms with Gasteiger partial charge in [-0.25, -0.2) is 0 Å². The molecule has 1 N–H and O–H groups in total. The summed E-state index contributed by atoms with van der Waals surface area (Å²) in [6.45, 7) is 5.61. The van der Waals surface area contributed by atoms with Crippen molar-refractivity contribution in [1.29, 1.82) is 0 Å². The number of piperazine rings is 1. The fraction of sp³-hybridized carbons (Fsp3) is 0.381. The van der Waals surface area contributed by atoms with Gasteiger partial charge in [0.1, 0.15) is 12.3 Å². The lowest BCUT2D eigenvalue weighted by Crippen LogP contribution is -3.13. The van der Waals surface area contributed by atoms with E-state index in [0.717, 1.165) is 56.4 Å². The number of nitrogens with one attached hydrogen (secondary N) is 1. The summed E-state index contributed by atoms with van der Waals surface area (Å²) < 4.78 is 5.59. The number of hydrogen-bond acceptors (Lipinski definition) is 3. The molecule has 0 aromatic heterocycles. The Kier molecular flexibility index (Phi) is 5.46. The van der Waals surface area contributed by atoms with Gasteiger partial charge >= 0.3 is 0 Å². The van der Waals surface area contributed by atoms with Gasteiger partial charge in [0.2, 0.25) is 5.91 Å². The van der Waals surface area contributed by atoms with Gasteiger partial charge in [-0.1, -0.05) is 18.2 Å². The first-order valence-electron chi connectivity index (χ1n) is 9.32. The number of hydrogen-bond donors (Lipinski definition) is 1. The van der Waals surface area contributed by atoms with Gasteiger partial charge in [-0.15, -0.1) is 11.8 Å². The second-order valence-electron chi connectivity index (χ2n) is 6.95. The number of ether oxygens (including phenoxy) is 1. The van der Waals surface area contributed by atoms with Gasteiger partial charge in [0, 0.05) is 16.9 Å². The van der Waals surface area contributed by atoms with Crippen molar-refractivity contribution in [3.05, 3.63) is 59.7 Å². The van der Waals surface area contributed by atoms with Gasteiger partial charge in [0.05, 0.1) is 38.5 Å². The fourth-order valence-corrected chi connectivity index (χ4v) is 4.46. The van der Waals surface area contributed by atoms with E-state index in [4.69, 9.17) is 4.74 Å². The van der Waals surface area contributed by atoms with Gasteiger partial charge < -0.3 is 14.5 Å². The van der Waals surface area contributed by atoms with Gasteiger partial charge in [0.25, 0.3) is 0 Å². The van der Waals surface area contributed by atoms with Crippen molar-refractivity contribution in [2.75, 3.05) is 38.5 Å². The number of carbonyl (C=O) groups is 1. The Morgan fingerprint density at radius 2 is 1.92 bits per heavy atom. The van der Waals surface area contributed by atoms with E-state index in [1.807, 2.05) is 23.1 Å². The average Bonchev–Trinajstić information content (AvgIpc) is 3.15. The molecule has 0 spiro atoms. The van der Waals surface area contributed by atoms with Crippen molar-refractivity contribution < 1.29 is 14.4 Å². The zero-order chi connectivity index (χ0) is 17.8. The monoisotopic (exact) mass is 369 g/mol. The van der Waals surface area contributed by atoms with Crippen LogP contribution in [0.1, 0.15) is 11.1 Å². The number of nitrogens with zero attached hydrogens (tertiary/aromatic N) is 1. The van der Waals surface area contributed by atoms with Crippen LogP contribution in [0.2, 0.25) is 0 Å². The minimum Gasteiger partial charge on any atom is -0.493 e. The molecule has 0 saturated carbocycles. The Morgan fingerprint density at radius 1 is 1.12 bits per heavy atom. The molecule has 0 aliphatic carbocycles. The fourth-order valence-electron chi connectivity index (χ4n) is 3.64. The molecule has 0 unspecified atom stereocenters. The molecule has 26 heavy (non-hydrogen) atoms. The Balaban J connectivity index is 1.24. The third kappa shape index (κ3) is 4.22. The summed E-state index contributed by atoms with van der Waals surface area (Å²) in [6, 6.07) is 16.7. The van der Waals surface area contributed by atoms with E-state index in [2.05, 4.69) is 30.3 Å². The summed E-state index contributed by atoms with van der Waals surface area (Å²) in [4.78, 5) is 17.2. The first kappa shape index (κ1) is 17.4. The second-order valence-corrected chi connectivity index (χ2v) is 8.00. The van der Waals surface area contributed by atoms with Crippen LogP contribution in [0.4, 0.5) is 0 Å². The highest BCUT2D eigenvalue weighted by Crippen LogP contribution is 2.25. The second kappa shape index (κ2) is 8.14. The first-order chi connectivity index (χ1) is 12.8. The molecular formula is C21H25N2O2S+. The van der Waals surface area contributed by atoms with E-state index in [0.29, 0.717) is 5.75 Å². The molecule has 2 heterocycles. The molecular weight excluding hydrogens is 344 g/mol. The number of rotatable bonds is 5. The molecule has 5 heteroatoms. The highest BCUT2D eigenvalue weighted by molar-refractivity contribution is 8.00. The third-order valence-corrected chi connectivity index (χ3v) is 6.13. The maximum Gasteiger partial charge on any atom is 0.233 e. The Bertz CT molecular complexity index is 758. The van der Waals surface area contributed by atoms with E-state index in [1.165, 1.54) is 11.1 Å². The van der Waals surface area contributed by atoms with Gasteiger partial charge in [0.15, 0.2) is 0 Å². The van der Waals surface area contributed by atoms with Crippen LogP contribution in [0.25, 0.3) is 0 Å². The molecule has 2 aromatic rings. The molecule has 136 valence electrons. The molecule has 0 bridgehead atoms. The van der Waals surface area contributed by atoms with E-state index in [1.54, 1.807) is 16.7 Å². The number of thioether (sulfide) groups is 1. The molecule has 1 amide bonds. The van der Waals surface area contributed by atoms with Crippen LogP contribution in [-0.4, -0.2) is 49.3 Å². The van der Waals surface area contributed by atoms with Crippen molar-refractivity contribution in [3.8, 4) is 5.75 Å². The highest BCUT2D eigenvalue weighted by atomic mass is 32.2. The van der Waals surface area contributed by atoms with Crippen molar-refractivity contribution in [3.63, 3.8) is 0 Å². The van der Waals surface area contributed by atoms with Crippen LogP contribution in [-0.2, 0) is 17.8 Å². The summed E-state index contributed by atoms with van der Waals surface area (Å²) in [7, 11) is 0. The van der Waals surface area contributed by atoms with Gasteiger partial charge in [-0.05, 0) is 35.9 Å². The van der Waals surface area contributed by atoms with Crippen molar-refractivity contribution in [1.82, 2.24) is 4.90 Å². The summed E-state index contributed by atoms with van der Waals surface area (Å²) >= 11 is 1.63. The van der Waals surface area contributed by atoms with Crippen LogP contribution in [0.5, 0.6) is 5.75 Å². The molecule has 4 rings (SSSR count). The van der Waals surface area contributed by atoms with E-state index < -0.39 is 0 Å². The largest absolute Gasteiger partial charge is 0.493 e. The zero-order valence-corrected chi connectivity index (χ0v) is 15.8. The van der Waals surface area contributed by atoms with Crippen LogP contribution < -0.4 is 9.64 Å². The summed E-state index contributed by atoms with van der Waals surface area (Å²) in [5, 5.41) is 0. The van der Waals surface area contributed by atoms with Crippen LogP contribution >= 0.6 is 11.8 Å². The number of quaternary nitrogens is 1. The van der Waals surface area contributed by atoms with Crippen LogP contribution in [0.3, 0.4) is 0 Å². The Hall–Kier alpha value is -1.98. The number of fused-ring (bicyclic) bond motifs is 1. The van der Waals surface area contributed by atoms with Gasteiger partial charge in [-0.3, -0.25) is 4.79 Å². The minimum absolute atomic E-state index is 0.257. The summed E-state index contributed by atoms with van der Waals surface area (Å²) in [6.07, 6.45) is 1.03. The summed E-state index contributed by atoms with van der Waals surface area (Å²) in [5.74, 6) is 1.84. The third-order valence-electron chi connectivity index (χ3n) is 5.14. The molecule has 2 aliphatic rings. The van der Waals surface area contributed by atoms with Crippen LogP contribution in [0.15, 0.2) is 53.4 Å². The minimum atomic E-state index is 0.257. The quantitative estimate of drug-likeness (QED) is 0.814. The first-order valence-corrected chi connectivity index (χ1v) is 10.3. The van der Waals surface area contributed by atoms with E-state index in [9.17, 15) is 4.79 Å². The normalized spacial score (nSPS) is 17.0.